The number of hydrogen-bond donors (Lipinski definition) is 1. The molecule has 0 radical (unpaired) electrons. The minimum atomic E-state index is -0.0257. The Bertz CT molecular complexity index is 771. The third kappa shape index (κ3) is 4.49. The van der Waals surface area contributed by atoms with Gasteiger partial charge in [-0.1, -0.05) is 36.4 Å². The second kappa shape index (κ2) is 8.63. The maximum atomic E-state index is 12.2. The number of carbonyl (C=O) groups is 2. The molecule has 2 amide bonds. The zero-order chi connectivity index (χ0) is 18.4. The maximum Gasteiger partial charge on any atom is 0.227 e. The molecule has 1 heterocycles. The van der Waals surface area contributed by atoms with Crippen LogP contribution in [0.5, 0.6) is 0 Å². The Hall–Kier alpha value is -2.66. The molecule has 0 spiro atoms. The number of ether oxygens (including phenoxy) is 1. The van der Waals surface area contributed by atoms with E-state index in [1.807, 2.05) is 48.5 Å². The lowest BCUT2D eigenvalue weighted by molar-refractivity contribution is -0.120. The lowest BCUT2D eigenvalue weighted by Gasteiger charge is -2.16. The van der Waals surface area contributed by atoms with Crippen molar-refractivity contribution in [3.63, 3.8) is 0 Å². The molecule has 1 N–H and O–H groups in total. The second-order valence-corrected chi connectivity index (χ2v) is 6.47. The van der Waals surface area contributed by atoms with Gasteiger partial charge in [0.1, 0.15) is 0 Å². The highest BCUT2D eigenvalue weighted by Crippen LogP contribution is 2.21. The Morgan fingerprint density at radius 2 is 1.85 bits per heavy atom. The Balaban J connectivity index is 1.54. The molecule has 0 aromatic heterocycles. The zero-order valence-corrected chi connectivity index (χ0v) is 15.0. The van der Waals surface area contributed by atoms with Gasteiger partial charge in [0.15, 0.2) is 0 Å². The summed E-state index contributed by atoms with van der Waals surface area (Å²) in [5.74, 6) is 0.146. The van der Waals surface area contributed by atoms with E-state index in [0.717, 1.165) is 35.3 Å². The predicted octanol–water partition coefficient (Wildman–Crippen LogP) is 2.82. The van der Waals surface area contributed by atoms with Crippen molar-refractivity contribution in [3.8, 4) is 0 Å². The van der Waals surface area contributed by atoms with Gasteiger partial charge in [0.25, 0.3) is 0 Å². The fourth-order valence-corrected chi connectivity index (χ4v) is 3.18. The summed E-state index contributed by atoms with van der Waals surface area (Å²) in [6.07, 6.45) is 1.85. The van der Waals surface area contributed by atoms with Crippen molar-refractivity contribution in [3.05, 3.63) is 65.2 Å². The van der Waals surface area contributed by atoms with Gasteiger partial charge in [-0.05, 0) is 35.2 Å². The standard InChI is InChI=1S/C21H24N2O3/c1-26-15-18-6-3-2-5-17(18)14-22-20(24)13-16-8-10-19(11-9-16)23-12-4-7-21(23)25/h2-3,5-6,8-11H,4,7,12-15H2,1H3,(H,22,24). The van der Waals surface area contributed by atoms with Crippen LogP contribution in [0.1, 0.15) is 29.5 Å². The molecule has 136 valence electrons. The number of nitrogens with zero attached hydrogens (tertiary/aromatic N) is 1. The highest BCUT2D eigenvalue weighted by atomic mass is 16.5. The van der Waals surface area contributed by atoms with Crippen LogP contribution in [-0.4, -0.2) is 25.5 Å². The minimum Gasteiger partial charge on any atom is -0.380 e. The summed E-state index contributed by atoms with van der Waals surface area (Å²) in [4.78, 5) is 25.8. The SMILES string of the molecule is COCc1ccccc1CNC(=O)Cc1ccc(N2CCCC2=O)cc1. The molecule has 2 aromatic carbocycles. The molecule has 26 heavy (non-hydrogen) atoms. The second-order valence-electron chi connectivity index (χ2n) is 6.47. The monoisotopic (exact) mass is 352 g/mol. The fraction of sp³-hybridized carbons (Fsp3) is 0.333. The van der Waals surface area contributed by atoms with Gasteiger partial charge in [0.2, 0.25) is 11.8 Å². The first-order valence-electron chi connectivity index (χ1n) is 8.89. The molecule has 0 bridgehead atoms. The summed E-state index contributed by atoms with van der Waals surface area (Å²) in [5.41, 5.74) is 3.98. The van der Waals surface area contributed by atoms with Gasteiger partial charge < -0.3 is 15.0 Å². The van der Waals surface area contributed by atoms with E-state index in [-0.39, 0.29) is 11.8 Å². The molecule has 1 aliphatic heterocycles. The highest BCUT2D eigenvalue weighted by molar-refractivity contribution is 5.95. The molecule has 5 heteroatoms. The maximum absolute atomic E-state index is 12.2. The van der Waals surface area contributed by atoms with Gasteiger partial charge in [0.05, 0.1) is 13.0 Å². The van der Waals surface area contributed by atoms with E-state index in [1.165, 1.54) is 0 Å². The normalized spacial score (nSPS) is 13.9. The number of carbonyl (C=O) groups excluding carboxylic acids is 2. The Labute approximate surface area is 154 Å². The van der Waals surface area contributed by atoms with Crippen LogP contribution in [0.3, 0.4) is 0 Å². The topological polar surface area (TPSA) is 58.6 Å². The first kappa shape index (κ1) is 18.1. The summed E-state index contributed by atoms with van der Waals surface area (Å²) in [6.45, 7) is 1.79. The molecule has 0 aliphatic carbocycles. The molecule has 3 rings (SSSR count). The van der Waals surface area contributed by atoms with E-state index in [4.69, 9.17) is 4.74 Å². The average molecular weight is 352 g/mol. The van der Waals surface area contributed by atoms with Gasteiger partial charge in [-0.2, -0.15) is 0 Å². The summed E-state index contributed by atoms with van der Waals surface area (Å²) in [7, 11) is 1.66. The van der Waals surface area contributed by atoms with Crippen molar-refractivity contribution in [1.29, 1.82) is 0 Å². The third-order valence-corrected chi connectivity index (χ3v) is 4.58. The quantitative estimate of drug-likeness (QED) is 0.834. The summed E-state index contributed by atoms with van der Waals surface area (Å²) < 4.78 is 5.19. The van der Waals surface area contributed by atoms with E-state index in [1.54, 1.807) is 12.0 Å². The molecule has 0 saturated carbocycles. The van der Waals surface area contributed by atoms with Crippen LogP contribution in [0.2, 0.25) is 0 Å². The number of nitrogens with one attached hydrogen (secondary N) is 1. The van der Waals surface area contributed by atoms with E-state index < -0.39 is 0 Å². The van der Waals surface area contributed by atoms with E-state index in [2.05, 4.69) is 5.32 Å². The average Bonchev–Trinajstić information content (AvgIpc) is 3.08. The summed E-state index contributed by atoms with van der Waals surface area (Å²) in [6, 6.07) is 15.6. The molecule has 1 saturated heterocycles. The number of hydrogen-bond acceptors (Lipinski definition) is 3. The number of rotatable bonds is 7. The van der Waals surface area contributed by atoms with Crippen LogP contribution in [0.15, 0.2) is 48.5 Å². The Kier molecular flexibility index (Phi) is 6.02. The Morgan fingerprint density at radius 3 is 2.50 bits per heavy atom. The van der Waals surface area contributed by atoms with Crippen LogP contribution < -0.4 is 10.2 Å². The van der Waals surface area contributed by atoms with Crippen molar-refractivity contribution < 1.29 is 14.3 Å². The summed E-state index contributed by atoms with van der Waals surface area (Å²) in [5, 5.41) is 2.96. The molecule has 2 aromatic rings. The van der Waals surface area contributed by atoms with E-state index >= 15 is 0 Å². The van der Waals surface area contributed by atoms with Gasteiger partial charge in [0, 0.05) is 32.3 Å². The van der Waals surface area contributed by atoms with E-state index in [9.17, 15) is 9.59 Å². The molecule has 1 aliphatic rings. The van der Waals surface area contributed by atoms with Gasteiger partial charge in [-0.25, -0.2) is 0 Å². The molecule has 5 nitrogen and oxygen atoms in total. The number of methoxy groups -OCH3 is 1. The largest absolute Gasteiger partial charge is 0.380 e. The molecule has 0 unspecified atom stereocenters. The van der Waals surface area contributed by atoms with Crippen LogP contribution in [0.25, 0.3) is 0 Å². The molecule has 1 fully saturated rings. The van der Waals surface area contributed by atoms with Crippen LogP contribution in [0.4, 0.5) is 5.69 Å². The third-order valence-electron chi connectivity index (χ3n) is 4.58. The molecular weight excluding hydrogens is 328 g/mol. The number of anilines is 1. The fourth-order valence-electron chi connectivity index (χ4n) is 3.18. The molecule has 0 atom stereocenters. The minimum absolute atomic E-state index is 0.0257. The molecular formula is C21H24N2O3. The summed E-state index contributed by atoms with van der Waals surface area (Å²) >= 11 is 0. The zero-order valence-electron chi connectivity index (χ0n) is 15.0. The highest BCUT2D eigenvalue weighted by Gasteiger charge is 2.21. The Morgan fingerprint density at radius 1 is 1.12 bits per heavy atom. The van der Waals surface area contributed by atoms with Crippen molar-refractivity contribution in [1.82, 2.24) is 5.32 Å². The smallest absolute Gasteiger partial charge is 0.227 e. The van der Waals surface area contributed by atoms with Crippen molar-refractivity contribution in [2.45, 2.75) is 32.4 Å². The lowest BCUT2D eigenvalue weighted by atomic mass is 10.1. The van der Waals surface area contributed by atoms with Crippen LogP contribution in [-0.2, 0) is 33.9 Å². The van der Waals surface area contributed by atoms with Crippen molar-refractivity contribution in [2.75, 3.05) is 18.6 Å². The van der Waals surface area contributed by atoms with Gasteiger partial charge in [-0.3, -0.25) is 9.59 Å². The van der Waals surface area contributed by atoms with Gasteiger partial charge >= 0.3 is 0 Å². The number of benzene rings is 2. The van der Waals surface area contributed by atoms with Crippen molar-refractivity contribution >= 4 is 17.5 Å². The van der Waals surface area contributed by atoms with Crippen LogP contribution in [0, 0.1) is 0 Å². The van der Waals surface area contributed by atoms with Crippen molar-refractivity contribution in [2.24, 2.45) is 0 Å². The first-order chi connectivity index (χ1) is 12.7. The predicted molar refractivity (Wildman–Crippen MR) is 101 cm³/mol. The van der Waals surface area contributed by atoms with E-state index in [0.29, 0.717) is 26.0 Å². The number of amides is 2. The first-order valence-corrected chi connectivity index (χ1v) is 8.89. The van der Waals surface area contributed by atoms with Crippen LogP contribution >= 0.6 is 0 Å². The lowest BCUT2D eigenvalue weighted by Crippen LogP contribution is -2.25. The van der Waals surface area contributed by atoms with Gasteiger partial charge in [-0.15, -0.1) is 0 Å².